The third-order valence-corrected chi connectivity index (χ3v) is 6.46. The van der Waals surface area contributed by atoms with Gasteiger partial charge in [-0.05, 0) is 70.6 Å². The standard InChI is InChI=1S/C19H26F3N3O2/c1-17(2,3)25-15(19(20,21)22)13(9-23-25)16(26)24-14-11-4-10-5-12(14)8-18(27,6-10)7-11/h9-12,14,27H,4-8H2,1-3H3,(H,24,26)/t10?,11-,12+,14?,18?. The molecule has 2 N–H and O–H groups in total. The van der Waals surface area contributed by atoms with Crippen LogP contribution >= 0.6 is 0 Å². The van der Waals surface area contributed by atoms with Crippen LogP contribution in [0.4, 0.5) is 13.2 Å². The molecule has 5 rings (SSSR count). The van der Waals surface area contributed by atoms with E-state index in [9.17, 15) is 23.1 Å². The number of aliphatic hydroxyl groups is 1. The predicted octanol–water partition coefficient (Wildman–Crippen LogP) is 3.33. The maximum Gasteiger partial charge on any atom is 0.433 e. The van der Waals surface area contributed by atoms with Gasteiger partial charge < -0.3 is 10.4 Å². The van der Waals surface area contributed by atoms with Gasteiger partial charge in [-0.15, -0.1) is 0 Å². The Kier molecular flexibility index (Phi) is 3.98. The van der Waals surface area contributed by atoms with Gasteiger partial charge in [-0.3, -0.25) is 9.48 Å². The third-order valence-electron chi connectivity index (χ3n) is 6.46. The number of hydrogen-bond acceptors (Lipinski definition) is 3. The molecule has 4 aliphatic rings. The Morgan fingerprint density at radius 3 is 2.30 bits per heavy atom. The Bertz CT molecular complexity index is 749. The van der Waals surface area contributed by atoms with E-state index in [4.69, 9.17) is 0 Å². The molecule has 0 saturated heterocycles. The van der Waals surface area contributed by atoms with Crippen molar-refractivity contribution < 1.29 is 23.1 Å². The summed E-state index contributed by atoms with van der Waals surface area (Å²) in [5.41, 5.74) is -2.97. The Balaban J connectivity index is 1.60. The van der Waals surface area contributed by atoms with Crippen molar-refractivity contribution in [1.82, 2.24) is 15.1 Å². The van der Waals surface area contributed by atoms with Crippen molar-refractivity contribution in [3.63, 3.8) is 0 Å². The van der Waals surface area contributed by atoms with Gasteiger partial charge in [-0.25, -0.2) is 0 Å². The summed E-state index contributed by atoms with van der Waals surface area (Å²) in [6, 6.07) is -0.173. The molecular weight excluding hydrogens is 359 g/mol. The van der Waals surface area contributed by atoms with Gasteiger partial charge in [0.1, 0.15) is 0 Å². The van der Waals surface area contributed by atoms with Gasteiger partial charge in [0.25, 0.3) is 5.91 Å². The van der Waals surface area contributed by atoms with E-state index in [0.29, 0.717) is 18.8 Å². The SMILES string of the molecule is CC(C)(C)n1ncc(C(=O)NC2[C@@H]3CC4C[C@H]2CC(O)(C4)C3)c1C(F)(F)F. The number of rotatable bonds is 2. The topological polar surface area (TPSA) is 67.2 Å². The Morgan fingerprint density at radius 1 is 1.22 bits per heavy atom. The molecule has 0 aliphatic heterocycles. The van der Waals surface area contributed by atoms with Crippen LogP contribution in [0, 0.1) is 17.8 Å². The van der Waals surface area contributed by atoms with E-state index in [1.165, 1.54) is 0 Å². The number of aromatic nitrogens is 2. The average molecular weight is 385 g/mol. The molecule has 4 bridgehead atoms. The Hall–Kier alpha value is -1.57. The van der Waals surface area contributed by atoms with Crippen molar-refractivity contribution in [1.29, 1.82) is 0 Å². The molecular formula is C19H26F3N3O2. The predicted molar refractivity (Wildman–Crippen MR) is 92.0 cm³/mol. The van der Waals surface area contributed by atoms with E-state index in [2.05, 4.69) is 10.4 Å². The second-order valence-corrected chi connectivity index (χ2v) is 9.68. The minimum atomic E-state index is -4.67. The summed E-state index contributed by atoms with van der Waals surface area (Å²) in [5.74, 6) is 0.0201. The zero-order valence-electron chi connectivity index (χ0n) is 15.8. The third kappa shape index (κ3) is 3.15. The molecule has 1 heterocycles. The second-order valence-electron chi connectivity index (χ2n) is 9.68. The molecule has 8 heteroatoms. The van der Waals surface area contributed by atoms with Crippen LogP contribution in [-0.2, 0) is 11.7 Å². The summed E-state index contributed by atoms with van der Waals surface area (Å²) in [7, 11) is 0. The van der Waals surface area contributed by atoms with Crippen molar-refractivity contribution in [2.75, 3.05) is 0 Å². The molecule has 0 aromatic carbocycles. The Labute approximate surface area is 156 Å². The molecule has 4 fully saturated rings. The minimum absolute atomic E-state index is 0.136. The molecule has 27 heavy (non-hydrogen) atoms. The van der Waals surface area contributed by atoms with Gasteiger partial charge in [-0.1, -0.05) is 0 Å². The maximum atomic E-state index is 13.7. The zero-order chi connectivity index (χ0) is 19.8. The summed E-state index contributed by atoms with van der Waals surface area (Å²) in [6.07, 6.45) is 0.269. The molecule has 3 unspecified atom stereocenters. The molecule has 5 nitrogen and oxygen atoms in total. The minimum Gasteiger partial charge on any atom is -0.390 e. The van der Waals surface area contributed by atoms with Gasteiger partial charge in [0.05, 0.1) is 22.9 Å². The number of amides is 1. The van der Waals surface area contributed by atoms with Crippen LogP contribution in [0.1, 0.15) is 68.9 Å². The highest BCUT2D eigenvalue weighted by atomic mass is 19.4. The van der Waals surface area contributed by atoms with E-state index < -0.39 is 34.5 Å². The summed E-state index contributed by atoms with van der Waals surface area (Å²) >= 11 is 0. The van der Waals surface area contributed by atoms with Gasteiger partial charge in [0.2, 0.25) is 0 Å². The fraction of sp³-hybridized carbons (Fsp3) is 0.789. The highest BCUT2D eigenvalue weighted by Crippen LogP contribution is 2.55. The summed E-state index contributed by atoms with van der Waals surface area (Å²) in [6.45, 7) is 4.86. The lowest BCUT2D eigenvalue weighted by Crippen LogP contribution is -2.61. The maximum absolute atomic E-state index is 13.7. The van der Waals surface area contributed by atoms with Crippen molar-refractivity contribution in [2.24, 2.45) is 17.8 Å². The molecule has 150 valence electrons. The zero-order valence-corrected chi connectivity index (χ0v) is 15.8. The highest BCUT2D eigenvalue weighted by molar-refractivity contribution is 5.95. The van der Waals surface area contributed by atoms with Crippen LogP contribution in [0.25, 0.3) is 0 Å². The highest BCUT2D eigenvalue weighted by Gasteiger charge is 2.55. The van der Waals surface area contributed by atoms with Crippen LogP contribution in [0.5, 0.6) is 0 Å². The van der Waals surface area contributed by atoms with Crippen LogP contribution in [-0.4, -0.2) is 32.4 Å². The summed E-state index contributed by atoms with van der Waals surface area (Å²) in [4.78, 5) is 12.8. The lowest BCUT2D eigenvalue weighted by molar-refractivity contribution is -0.146. The van der Waals surface area contributed by atoms with E-state index >= 15 is 0 Å². The number of nitrogens with zero attached hydrogens (tertiary/aromatic N) is 2. The molecule has 1 amide bonds. The van der Waals surface area contributed by atoms with E-state index in [-0.39, 0.29) is 17.9 Å². The van der Waals surface area contributed by atoms with Crippen molar-refractivity contribution in [3.8, 4) is 0 Å². The number of hydrogen-bond donors (Lipinski definition) is 2. The number of carbonyl (C=O) groups excluding carboxylic acids is 1. The molecule has 0 spiro atoms. The van der Waals surface area contributed by atoms with Crippen molar-refractivity contribution in [3.05, 3.63) is 17.5 Å². The van der Waals surface area contributed by atoms with Crippen LogP contribution < -0.4 is 5.32 Å². The fourth-order valence-electron chi connectivity index (χ4n) is 5.74. The van der Waals surface area contributed by atoms with Crippen molar-refractivity contribution in [2.45, 2.75) is 76.2 Å². The summed E-state index contributed by atoms with van der Waals surface area (Å²) < 4.78 is 41.9. The van der Waals surface area contributed by atoms with Gasteiger partial charge in [0, 0.05) is 6.04 Å². The van der Waals surface area contributed by atoms with Gasteiger partial charge >= 0.3 is 6.18 Å². The first-order valence-corrected chi connectivity index (χ1v) is 9.56. The number of alkyl halides is 3. The van der Waals surface area contributed by atoms with Crippen LogP contribution in [0.15, 0.2) is 6.20 Å². The van der Waals surface area contributed by atoms with Crippen molar-refractivity contribution >= 4 is 5.91 Å². The molecule has 4 saturated carbocycles. The normalized spacial score (nSPS) is 35.5. The molecule has 0 radical (unpaired) electrons. The average Bonchev–Trinajstić information content (AvgIpc) is 2.94. The molecule has 1 aromatic rings. The lowest BCUT2D eigenvalue weighted by Gasteiger charge is -2.58. The van der Waals surface area contributed by atoms with E-state index in [0.717, 1.165) is 30.1 Å². The van der Waals surface area contributed by atoms with Gasteiger partial charge in [-0.2, -0.15) is 18.3 Å². The number of carbonyl (C=O) groups is 1. The largest absolute Gasteiger partial charge is 0.433 e. The van der Waals surface area contributed by atoms with Crippen LogP contribution in [0.3, 0.4) is 0 Å². The lowest BCUT2D eigenvalue weighted by atomic mass is 9.52. The first kappa shape index (κ1) is 18.8. The molecule has 4 aliphatic carbocycles. The quantitative estimate of drug-likeness (QED) is 0.821. The van der Waals surface area contributed by atoms with Crippen LogP contribution in [0.2, 0.25) is 0 Å². The molecule has 5 atom stereocenters. The van der Waals surface area contributed by atoms with E-state index in [1.807, 2.05) is 0 Å². The Morgan fingerprint density at radius 2 is 1.81 bits per heavy atom. The fourth-order valence-corrected chi connectivity index (χ4v) is 5.74. The molecule has 1 aromatic heterocycles. The number of nitrogens with one attached hydrogen (secondary N) is 1. The second kappa shape index (κ2) is 5.72. The van der Waals surface area contributed by atoms with Gasteiger partial charge in [0.15, 0.2) is 5.69 Å². The van der Waals surface area contributed by atoms with E-state index in [1.54, 1.807) is 20.8 Å². The number of halogens is 3. The first-order valence-electron chi connectivity index (χ1n) is 9.56. The smallest absolute Gasteiger partial charge is 0.390 e. The monoisotopic (exact) mass is 385 g/mol. The summed E-state index contributed by atoms with van der Waals surface area (Å²) in [5, 5.41) is 17.4. The first-order chi connectivity index (χ1) is 12.4.